The zero-order chi connectivity index (χ0) is 21.9. The maximum Gasteiger partial charge on any atom is 0.432 e. The van der Waals surface area contributed by atoms with Crippen molar-refractivity contribution in [3.8, 4) is 0 Å². The fraction of sp³-hybridized carbons (Fsp3) is 0.474. The number of hydrogen-bond donors (Lipinski definition) is 1. The van der Waals surface area contributed by atoms with Crippen LogP contribution >= 0.6 is 11.6 Å². The fourth-order valence-electron chi connectivity index (χ4n) is 3.39. The molecule has 1 aromatic heterocycles. The summed E-state index contributed by atoms with van der Waals surface area (Å²) in [6, 6.07) is 7.59. The van der Waals surface area contributed by atoms with Gasteiger partial charge in [0.05, 0.1) is 11.5 Å². The zero-order valence-corrected chi connectivity index (χ0v) is 17.5. The summed E-state index contributed by atoms with van der Waals surface area (Å²) in [5.74, 6) is -0.292. The number of amides is 1. The van der Waals surface area contributed by atoms with Crippen LogP contribution in [0.4, 0.5) is 13.2 Å². The van der Waals surface area contributed by atoms with Gasteiger partial charge in [-0.1, -0.05) is 29.8 Å². The molecule has 1 aliphatic rings. The number of alkyl halides is 3. The molecule has 1 N–H and O–H groups in total. The van der Waals surface area contributed by atoms with Crippen LogP contribution in [-0.4, -0.2) is 47.5 Å². The van der Waals surface area contributed by atoms with Gasteiger partial charge in [0.1, 0.15) is 15.5 Å². The lowest BCUT2D eigenvalue weighted by Gasteiger charge is -2.27. The Bertz CT molecular complexity index is 994. The topological polar surface area (TPSA) is 83.1 Å². The van der Waals surface area contributed by atoms with Crippen LogP contribution in [0, 0.1) is 5.92 Å². The molecule has 2 heterocycles. The summed E-state index contributed by atoms with van der Waals surface area (Å²) in [7, 11) is -3.00. The number of aromatic nitrogens is 2. The van der Waals surface area contributed by atoms with Gasteiger partial charge in [-0.2, -0.15) is 18.3 Å². The molecule has 30 heavy (non-hydrogen) atoms. The molecule has 0 aliphatic carbocycles. The maximum atomic E-state index is 12.9. The van der Waals surface area contributed by atoms with E-state index in [2.05, 4.69) is 5.10 Å². The first kappa shape index (κ1) is 22.6. The molecule has 1 aromatic carbocycles. The van der Waals surface area contributed by atoms with Gasteiger partial charge in [-0.25, -0.2) is 8.42 Å². The number of aromatic amines is 1. The van der Waals surface area contributed by atoms with Crippen LogP contribution in [0.2, 0.25) is 5.02 Å². The molecule has 0 unspecified atom stereocenters. The molecule has 1 amide bonds. The SMILES string of the molecule is O=C(c1cc(C(F)(F)F)[nH]n1)N(CCC1CCS(=O)(=O)CC1)Cc1ccccc1Cl. The van der Waals surface area contributed by atoms with E-state index in [0.29, 0.717) is 35.9 Å². The van der Waals surface area contributed by atoms with E-state index in [4.69, 9.17) is 11.6 Å². The Labute approximate surface area is 177 Å². The minimum atomic E-state index is -4.63. The normalized spacial score (nSPS) is 17.1. The first-order valence-corrected chi connectivity index (χ1v) is 11.6. The minimum Gasteiger partial charge on any atom is -0.333 e. The fourth-order valence-corrected chi connectivity index (χ4v) is 5.17. The number of rotatable bonds is 6. The predicted octanol–water partition coefficient (Wildman–Crippen LogP) is 3.94. The van der Waals surface area contributed by atoms with E-state index in [9.17, 15) is 26.4 Å². The molecule has 0 bridgehead atoms. The van der Waals surface area contributed by atoms with E-state index < -0.39 is 27.6 Å². The first-order valence-electron chi connectivity index (χ1n) is 9.41. The van der Waals surface area contributed by atoms with Crippen molar-refractivity contribution >= 4 is 27.3 Å². The van der Waals surface area contributed by atoms with Crippen molar-refractivity contribution in [2.45, 2.75) is 32.0 Å². The second-order valence-electron chi connectivity index (χ2n) is 7.37. The van der Waals surface area contributed by atoms with Gasteiger partial charge in [-0.15, -0.1) is 0 Å². The molecule has 0 spiro atoms. The molecule has 2 aromatic rings. The van der Waals surface area contributed by atoms with Gasteiger partial charge in [0.2, 0.25) is 0 Å². The molecule has 1 saturated heterocycles. The summed E-state index contributed by atoms with van der Waals surface area (Å²) in [5, 5.41) is 5.83. The van der Waals surface area contributed by atoms with Gasteiger partial charge >= 0.3 is 6.18 Å². The monoisotopic (exact) mass is 463 g/mol. The van der Waals surface area contributed by atoms with Crippen LogP contribution in [0.5, 0.6) is 0 Å². The molecular formula is C19H21ClF3N3O3S. The van der Waals surface area contributed by atoms with Gasteiger partial charge in [0, 0.05) is 24.2 Å². The number of sulfone groups is 1. The lowest BCUT2D eigenvalue weighted by Crippen LogP contribution is -2.34. The summed E-state index contributed by atoms with van der Waals surface area (Å²) in [6.45, 7) is 0.362. The van der Waals surface area contributed by atoms with E-state index >= 15 is 0 Å². The number of hydrogen-bond acceptors (Lipinski definition) is 4. The van der Waals surface area contributed by atoms with Crippen molar-refractivity contribution in [2.75, 3.05) is 18.1 Å². The Kier molecular flexibility index (Phi) is 6.76. The molecule has 0 radical (unpaired) electrons. The van der Waals surface area contributed by atoms with Crippen molar-refractivity contribution < 1.29 is 26.4 Å². The summed E-state index contributed by atoms with van der Waals surface area (Å²) in [5.41, 5.74) is -0.771. The smallest absolute Gasteiger partial charge is 0.333 e. The van der Waals surface area contributed by atoms with Crippen LogP contribution in [0.1, 0.15) is 41.0 Å². The van der Waals surface area contributed by atoms with Gasteiger partial charge in [0.25, 0.3) is 5.91 Å². The number of nitrogens with zero attached hydrogens (tertiary/aromatic N) is 2. The third kappa shape index (κ3) is 5.75. The van der Waals surface area contributed by atoms with Crippen LogP contribution in [-0.2, 0) is 22.6 Å². The predicted molar refractivity (Wildman–Crippen MR) is 106 cm³/mol. The van der Waals surface area contributed by atoms with Crippen LogP contribution in [0.3, 0.4) is 0 Å². The molecule has 1 fully saturated rings. The van der Waals surface area contributed by atoms with E-state index in [1.807, 2.05) is 5.10 Å². The first-order chi connectivity index (χ1) is 14.0. The van der Waals surface area contributed by atoms with Gasteiger partial charge in [0.15, 0.2) is 5.69 Å². The van der Waals surface area contributed by atoms with Crippen molar-refractivity contribution in [3.05, 3.63) is 52.3 Å². The Morgan fingerprint density at radius 2 is 1.90 bits per heavy atom. The summed E-state index contributed by atoms with van der Waals surface area (Å²) < 4.78 is 61.8. The van der Waals surface area contributed by atoms with Crippen molar-refractivity contribution in [1.82, 2.24) is 15.1 Å². The average molecular weight is 464 g/mol. The zero-order valence-electron chi connectivity index (χ0n) is 16.0. The minimum absolute atomic E-state index is 0.109. The molecule has 6 nitrogen and oxygen atoms in total. The van der Waals surface area contributed by atoms with Gasteiger partial charge < -0.3 is 4.90 Å². The molecule has 0 saturated carbocycles. The van der Waals surface area contributed by atoms with Crippen molar-refractivity contribution in [1.29, 1.82) is 0 Å². The highest BCUT2D eigenvalue weighted by Crippen LogP contribution is 2.29. The van der Waals surface area contributed by atoms with Crippen LogP contribution in [0.15, 0.2) is 30.3 Å². The second-order valence-corrected chi connectivity index (χ2v) is 10.1. The summed E-state index contributed by atoms with van der Waals surface area (Å²) >= 11 is 6.19. The van der Waals surface area contributed by atoms with Crippen molar-refractivity contribution in [2.24, 2.45) is 5.92 Å². The molecule has 1 aliphatic heterocycles. The summed E-state index contributed by atoms with van der Waals surface area (Å²) in [6.07, 6.45) is -3.07. The average Bonchev–Trinajstić information content (AvgIpc) is 3.17. The number of H-pyrrole nitrogens is 1. The van der Waals surface area contributed by atoms with Gasteiger partial charge in [-0.3, -0.25) is 9.89 Å². The molecule has 11 heteroatoms. The van der Waals surface area contributed by atoms with E-state index in [1.165, 1.54) is 4.90 Å². The Hall–Kier alpha value is -2.07. The van der Waals surface area contributed by atoms with Crippen LogP contribution < -0.4 is 0 Å². The number of halogens is 4. The Morgan fingerprint density at radius 1 is 1.23 bits per heavy atom. The van der Waals surface area contributed by atoms with E-state index in [0.717, 1.165) is 0 Å². The summed E-state index contributed by atoms with van der Waals surface area (Å²) in [4.78, 5) is 14.3. The number of carbonyl (C=O) groups is 1. The second kappa shape index (κ2) is 8.97. The maximum absolute atomic E-state index is 12.9. The molecule has 3 rings (SSSR count). The lowest BCUT2D eigenvalue weighted by molar-refractivity contribution is -0.141. The lowest BCUT2D eigenvalue weighted by atomic mass is 9.98. The largest absolute Gasteiger partial charge is 0.432 e. The number of carbonyl (C=O) groups excluding carboxylic acids is 1. The molecule has 0 atom stereocenters. The highest BCUT2D eigenvalue weighted by molar-refractivity contribution is 7.91. The Morgan fingerprint density at radius 3 is 2.50 bits per heavy atom. The molecule has 164 valence electrons. The van der Waals surface area contributed by atoms with E-state index in [1.54, 1.807) is 24.3 Å². The van der Waals surface area contributed by atoms with Gasteiger partial charge in [-0.05, 0) is 36.8 Å². The molecular weight excluding hydrogens is 443 g/mol. The quantitative estimate of drug-likeness (QED) is 0.703. The van der Waals surface area contributed by atoms with E-state index in [-0.39, 0.29) is 36.2 Å². The van der Waals surface area contributed by atoms with Crippen LogP contribution in [0.25, 0.3) is 0 Å². The van der Waals surface area contributed by atoms with Crippen molar-refractivity contribution in [3.63, 3.8) is 0 Å². The highest BCUT2D eigenvalue weighted by Gasteiger charge is 2.34. The third-order valence-electron chi connectivity index (χ3n) is 5.19. The standard InChI is InChI=1S/C19H21ClF3N3O3S/c20-15-4-2-1-3-14(15)12-26(8-5-13-6-9-30(28,29)10-7-13)18(27)16-11-17(25-24-16)19(21,22)23/h1-4,11,13H,5-10,12H2,(H,24,25). The number of nitrogens with one attached hydrogen (secondary N) is 1. The number of benzene rings is 1. The Balaban J connectivity index is 1.76. The highest BCUT2D eigenvalue weighted by atomic mass is 35.5. The third-order valence-corrected chi connectivity index (χ3v) is 7.27.